The normalized spacial score (nSPS) is 30.2. The van der Waals surface area contributed by atoms with Crippen LogP contribution in [0.5, 0.6) is 0 Å². The second-order valence-corrected chi connectivity index (χ2v) is 9.90. The summed E-state index contributed by atoms with van der Waals surface area (Å²) in [4.78, 5) is 38.5. The number of ether oxygens (including phenoxy) is 1. The van der Waals surface area contributed by atoms with Gasteiger partial charge in [0, 0.05) is 16.6 Å². The van der Waals surface area contributed by atoms with Crippen molar-refractivity contribution in [2.75, 3.05) is 10.6 Å². The zero-order valence-corrected chi connectivity index (χ0v) is 18.9. The quantitative estimate of drug-likeness (QED) is 0.478. The van der Waals surface area contributed by atoms with Crippen LogP contribution in [-0.4, -0.2) is 28.7 Å². The minimum atomic E-state index is -0.466. The zero-order valence-electron chi connectivity index (χ0n) is 16.6. The van der Waals surface area contributed by atoms with Crippen LogP contribution in [-0.2, 0) is 14.3 Å². The van der Waals surface area contributed by atoms with E-state index < -0.39 is 11.8 Å². The molecule has 2 saturated carbocycles. The number of nitrogens with one attached hydrogen (secondary N) is 2. The molecule has 6 atom stereocenters. The summed E-state index contributed by atoms with van der Waals surface area (Å²) in [6.45, 7) is 1.87. The number of hydrogen-bond acceptors (Lipinski definition) is 4. The Labute approximate surface area is 192 Å². The number of fused-ring (bicyclic) bond motifs is 1. The summed E-state index contributed by atoms with van der Waals surface area (Å²) in [5.74, 6) is -1.64. The van der Waals surface area contributed by atoms with Gasteiger partial charge in [-0.05, 0) is 49.1 Å². The summed E-state index contributed by atoms with van der Waals surface area (Å²) in [5, 5.41) is 6.28. The van der Waals surface area contributed by atoms with Gasteiger partial charge in [0.05, 0.1) is 27.9 Å². The van der Waals surface area contributed by atoms with Crippen LogP contribution in [0.25, 0.3) is 0 Å². The summed E-state index contributed by atoms with van der Waals surface area (Å²) in [6, 6.07) is 12.1. The minimum absolute atomic E-state index is 0.0136. The molecule has 160 valence electrons. The SMILES string of the molecule is Cc1ccc(Cl)cc1NC(=O)c1ccccc1NC(=O)[C@@H]1[C@H]2C[C@H]3[C@H](OC(=O)[C@H]31)[C@H]2Br. The highest BCUT2D eigenvalue weighted by Gasteiger charge is 2.67. The van der Waals surface area contributed by atoms with Crippen molar-refractivity contribution >= 4 is 56.7 Å². The molecule has 0 aromatic heterocycles. The molecule has 2 bridgehead atoms. The Morgan fingerprint density at radius 3 is 2.68 bits per heavy atom. The molecule has 2 aromatic carbocycles. The lowest BCUT2D eigenvalue weighted by Gasteiger charge is -2.27. The van der Waals surface area contributed by atoms with Gasteiger partial charge in [-0.25, -0.2) is 0 Å². The first-order valence-electron chi connectivity index (χ1n) is 10.2. The smallest absolute Gasteiger partial charge is 0.310 e. The lowest BCUT2D eigenvalue weighted by atomic mass is 9.79. The van der Waals surface area contributed by atoms with Gasteiger partial charge in [0.2, 0.25) is 5.91 Å². The van der Waals surface area contributed by atoms with E-state index in [1.807, 2.05) is 13.0 Å². The third kappa shape index (κ3) is 3.34. The van der Waals surface area contributed by atoms with E-state index in [-0.39, 0.29) is 40.6 Å². The monoisotopic (exact) mass is 502 g/mol. The number of benzene rings is 2. The largest absolute Gasteiger partial charge is 0.461 e. The van der Waals surface area contributed by atoms with Gasteiger partial charge in [-0.1, -0.05) is 45.7 Å². The molecular formula is C23H20BrClN2O4. The number of halogens is 2. The van der Waals surface area contributed by atoms with Crippen LogP contribution in [0.2, 0.25) is 5.02 Å². The number of hydrogen-bond donors (Lipinski definition) is 2. The second-order valence-electron chi connectivity index (χ2n) is 8.41. The van der Waals surface area contributed by atoms with E-state index in [0.717, 1.165) is 12.0 Å². The number of amides is 2. The molecule has 0 spiro atoms. The summed E-state index contributed by atoms with van der Waals surface area (Å²) < 4.78 is 5.49. The lowest BCUT2D eigenvalue weighted by Crippen LogP contribution is -2.40. The highest BCUT2D eigenvalue weighted by atomic mass is 79.9. The van der Waals surface area contributed by atoms with E-state index in [4.69, 9.17) is 16.3 Å². The van der Waals surface area contributed by atoms with E-state index in [2.05, 4.69) is 26.6 Å². The van der Waals surface area contributed by atoms with E-state index in [9.17, 15) is 14.4 Å². The molecule has 2 aromatic rings. The van der Waals surface area contributed by atoms with Crippen LogP contribution in [0.1, 0.15) is 22.3 Å². The highest BCUT2D eigenvalue weighted by molar-refractivity contribution is 9.09. The van der Waals surface area contributed by atoms with E-state index in [1.54, 1.807) is 36.4 Å². The zero-order chi connectivity index (χ0) is 21.9. The van der Waals surface area contributed by atoms with Gasteiger partial charge in [0.25, 0.3) is 5.91 Å². The Morgan fingerprint density at radius 1 is 1.10 bits per heavy atom. The molecule has 6 nitrogen and oxygen atoms in total. The molecule has 2 amide bonds. The number of alkyl halides is 1. The van der Waals surface area contributed by atoms with Crippen LogP contribution >= 0.6 is 27.5 Å². The standard InChI is InChI=1S/C23H20BrClN2O4/c1-10-6-7-11(25)8-16(10)27-21(28)12-4-2-3-5-15(12)26-22(29)17-13-9-14-18(17)23(30)31-20(14)19(13)24/h2-8,13-14,17-20H,9H2,1H3,(H,26,29)(H,27,28)/t13-,14-,17-,18-,19+,20+/m1/s1. The molecule has 2 aliphatic carbocycles. The maximum atomic E-state index is 13.2. The Kier molecular flexibility index (Phi) is 5.06. The van der Waals surface area contributed by atoms with Crippen molar-refractivity contribution in [2.45, 2.75) is 24.3 Å². The van der Waals surface area contributed by atoms with Gasteiger partial charge in [0.1, 0.15) is 6.10 Å². The topological polar surface area (TPSA) is 84.5 Å². The third-order valence-electron chi connectivity index (χ3n) is 6.70. The maximum absolute atomic E-state index is 13.2. The number of anilines is 2. The first kappa shape index (κ1) is 20.5. The number of carbonyl (C=O) groups excluding carboxylic acids is 3. The van der Waals surface area contributed by atoms with Crippen molar-refractivity contribution in [3.8, 4) is 0 Å². The van der Waals surface area contributed by atoms with Crippen LogP contribution in [0.4, 0.5) is 11.4 Å². The van der Waals surface area contributed by atoms with Crippen molar-refractivity contribution in [2.24, 2.45) is 23.7 Å². The molecule has 1 saturated heterocycles. The van der Waals surface area contributed by atoms with Crippen LogP contribution in [0, 0.1) is 30.6 Å². The molecule has 0 unspecified atom stereocenters. The van der Waals surface area contributed by atoms with Crippen molar-refractivity contribution in [3.05, 3.63) is 58.6 Å². The minimum Gasteiger partial charge on any atom is -0.461 e. The number of para-hydroxylation sites is 1. The van der Waals surface area contributed by atoms with Gasteiger partial charge >= 0.3 is 5.97 Å². The van der Waals surface area contributed by atoms with Gasteiger partial charge < -0.3 is 15.4 Å². The second kappa shape index (κ2) is 7.64. The van der Waals surface area contributed by atoms with Crippen LogP contribution < -0.4 is 10.6 Å². The average Bonchev–Trinajstić information content (AvgIpc) is 3.35. The predicted molar refractivity (Wildman–Crippen MR) is 120 cm³/mol. The lowest BCUT2D eigenvalue weighted by molar-refractivity contribution is -0.145. The molecule has 3 fully saturated rings. The Morgan fingerprint density at radius 2 is 1.87 bits per heavy atom. The van der Waals surface area contributed by atoms with E-state index >= 15 is 0 Å². The molecule has 0 radical (unpaired) electrons. The van der Waals surface area contributed by atoms with E-state index in [0.29, 0.717) is 22.0 Å². The Bertz CT molecular complexity index is 1110. The van der Waals surface area contributed by atoms with Crippen molar-refractivity contribution < 1.29 is 19.1 Å². The maximum Gasteiger partial charge on any atom is 0.310 e. The number of carbonyl (C=O) groups is 3. The average molecular weight is 504 g/mol. The summed E-state index contributed by atoms with van der Waals surface area (Å²) in [5.41, 5.74) is 2.22. The number of esters is 1. The summed E-state index contributed by atoms with van der Waals surface area (Å²) >= 11 is 9.68. The molecule has 1 heterocycles. The van der Waals surface area contributed by atoms with Gasteiger partial charge in [-0.3, -0.25) is 14.4 Å². The van der Waals surface area contributed by atoms with Crippen LogP contribution in [0.15, 0.2) is 42.5 Å². The first-order valence-corrected chi connectivity index (χ1v) is 11.5. The summed E-state index contributed by atoms with van der Waals surface area (Å²) in [7, 11) is 0. The van der Waals surface area contributed by atoms with Crippen molar-refractivity contribution in [1.29, 1.82) is 0 Å². The molecule has 8 heteroatoms. The van der Waals surface area contributed by atoms with Gasteiger partial charge in [-0.2, -0.15) is 0 Å². The first-order chi connectivity index (χ1) is 14.8. The van der Waals surface area contributed by atoms with Gasteiger partial charge in [-0.15, -0.1) is 0 Å². The molecule has 31 heavy (non-hydrogen) atoms. The fourth-order valence-electron chi connectivity index (χ4n) is 5.26. The summed E-state index contributed by atoms with van der Waals surface area (Å²) in [6.07, 6.45) is 0.663. The fraction of sp³-hybridized carbons (Fsp3) is 0.348. The van der Waals surface area contributed by atoms with Crippen LogP contribution in [0.3, 0.4) is 0 Å². The molecule has 5 rings (SSSR count). The predicted octanol–water partition coefficient (Wildman–Crippen LogP) is 4.41. The van der Waals surface area contributed by atoms with E-state index in [1.165, 1.54) is 0 Å². The number of aryl methyl sites for hydroxylation is 1. The highest BCUT2D eigenvalue weighted by Crippen LogP contribution is 2.60. The molecule has 1 aliphatic heterocycles. The van der Waals surface area contributed by atoms with Crippen molar-refractivity contribution in [3.63, 3.8) is 0 Å². The van der Waals surface area contributed by atoms with Crippen molar-refractivity contribution in [1.82, 2.24) is 0 Å². The molecular weight excluding hydrogens is 484 g/mol. The molecule has 2 N–H and O–H groups in total. The number of rotatable bonds is 4. The fourth-order valence-corrected chi connectivity index (χ4v) is 6.47. The third-order valence-corrected chi connectivity index (χ3v) is 8.14. The Hall–Kier alpha value is -2.38. The van der Waals surface area contributed by atoms with Gasteiger partial charge in [0.15, 0.2) is 0 Å². The Balaban J connectivity index is 1.38. The molecule has 3 aliphatic rings.